The van der Waals surface area contributed by atoms with Crippen LogP contribution >= 0.6 is 0 Å². The number of nitrogens with one attached hydrogen (secondary N) is 2. The fourth-order valence-corrected chi connectivity index (χ4v) is 3.76. The van der Waals surface area contributed by atoms with E-state index in [1.165, 1.54) is 0 Å². The summed E-state index contributed by atoms with van der Waals surface area (Å²) >= 11 is 0. The van der Waals surface area contributed by atoms with Crippen molar-refractivity contribution in [3.8, 4) is 0 Å². The molecule has 0 aliphatic heterocycles. The van der Waals surface area contributed by atoms with Gasteiger partial charge in [0.1, 0.15) is 0 Å². The highest BCUT2D eigenvalue weighted by Gasteiger charge is 2.38. The third-order valence-corrected chi connectivity index (χ3v) is 6.07. The molecule has 0 unspecified atom stereocenters. The summed E-state index contributed by atoms with van der Waals surface area (Å²) < 4.78 is 48.0. The fraction of sp³-hybridized carbons (Fsp3) is 0.400. The van der Waals surface area contributed by atoms with Crippen molar-refractivity contribution >= 4 is 22.9 Å². The lowest BCUT2D eigenvalue weighted by molar-refractivity contribution is -0.192. The molecule has 0 radical (unpaired) electrons. The Morgan fingerprint density at radius 3 is 2.58 bits per heavy atom. The number of aromatic nitrogens is 7. The number of fused-ring (bicyclic) bond motifs is 1. The molecule has 1 amide bonds. The Bertz CT molecular complexity index is 1480. The molecule has 5 rings (SSSR count). The molecule has 1 aliphatic carbocycles. The molecule has 4 aromatic rings. The van der Waals surface area contributed by atoms with Crippen molar-refractivity contribution in [2.24, 2.45) is 0 Å². The highest BCUT2D eigenvalue weighted by Crippen LogP contribution is 2.42. The molecule has 40 heavy (non-hydrogen) atoms. The Morgan fingerprint density at radius 1 is 1.18 bits per heavy atom. The molecule has 1 fully saturated rings. The topological polar surface area (TPSA) is 152 Å². The van der Waals surface area contributed by atoms with Crippen LogP contribution in [0.3, 0.4) is 0 Å². The fourth-order valence-electron chi connectivity index (χ4n) is 3.76. The smallest absolute Gasteiger partial charge is 0.475 e. The number of nitrogens with zero attached hydrogens (tertiary/aromatic N) is 6. The van der Waals surface area contributed by atoms with Gasteiger partial charge >= 0.3 is 12.1 Å². The van der Waals surface area contributed by atoms with Gasteiger partial charge < -0.3 is 15.4 Å². The van der Waals surface area contributed by atoms with E-state index in [0.29, 0.717) is 42.2 Å². The van der Waals surface area contributed by atoms with Crippen molar-refractivity contribution in [1.82, 2.24) is 40.5 Å². The van der Waals surface area contributed by atoms with Crippen LogP contribution in [-0.2, 0) is 24.3 Å². The Kier molecular flexibility index (Phi) is 8.70. The second kappa shape index (κ2) is 12.2. The lowest BCUT2D eigenvalue weighted by Crippen LogP contribution is -2.23. The first kappa shape index (κ1) is 28.6. The number of aromatic amines is 1. The standard InChI is InChI=1S/C23H25FN8O.C2HF3O2/c1-14-5-6-15(11-25-14)12-26-23(33)19-13-32(31-29-19)9-3-2-4-17-10-18-20(24)21(16-7-8-16)27-22(18)30-28-17;3-2(4,5)1(6)7/h5-6,10-11,13,16H,2-4,7-9,12H2,1H3,(H,26,33)(H,27,30);(H,6,7). The van der Waals surface area contributed by atoms with Crippen molar-refractivity contribution < 1.29 is 32.3 Å². The Hall–Kier alpha value is -4.43. The average molecular weight is 563 g/mol. The molecule has 0 saturated heterocycles. The van der Waals surface area contributed by atoms with Gasteiger partial charge in [-0.2, -0.15) is 18.3 Å². The number of aliphatic carboxylic acids is 1. The molecule has 15 heteroatoms. The summed E-state index contributed by atoms with van der Waals surface area (Å²) in [7, 11) is 0. The molecular weight excluding hydrogens is 536 g/mol. The molecule has 0 spiro atoms. The number of aryl methyl sites for hydroxylation is 3. The lowest BCUT2D eigenvalue weighted by atomic mass is 10.1. The zero-order chi connectivity index (χ0) is 28.9. The summed E-state index contributed by atoms with van der Waals surface area (Å²) in [5.41, 5.74) is 4.09. The van der Waals surface area contributed by atoms with E-state index in [2.05, 4.69) is 35.8 Å². The molecule has 4 heterocycles. The van der Waals surface area contributed by atoms with Crippen LogP contribution in [0.1, 0.15) is 64.7 Å². The van der Waals surface area contributed by atoms with Gasteiger partial charge in [0.15, 0.2) is 17.2 Å². The van der Waals surface area contributed by atoms with E-state index in [-0.39, 0.29) is 17.4 Å². The van der Waals surface area contributed by atoms with Gasteiger partial charge in [-0.3, -0.25) is 14.5 Å². The van der Waals surface area contributed by atoms with Gasteiger partial charge in [0.25, 0.3) is 5.91 Å². The normalized spacial score (nSPS) is 13.1. The average Bonchev–Trinajstić information content (AvgIpc) is 3.56. The number of rotatable bonds is 9. The maximum atomic E-state index is 14.6. The number of alkyl halides is 3. The highest BCUT2D eigenvalue weighted by molar-refractivity contribution is 5.91. The number of pyridine rings is 1. The van der Waals surface area contributed by atoms with Crippen LogP contribution in [-0.4, -0.2) is 58.3 Å². The van der Waals surface area contributed by atoms with Gasteiger partial charge in [-0.05, 0) is 56.7 Å². The van der Waals surface area contributed by atoms with Crippen LogP contribution in [0.25, 0.3) is 11.0 Å². The second-order valence-electron chi connectivity index (χ2n) is 9.34. The Labute approximate surface area is 225 Å². The van der Waals surface area contributed by atoms with Crippen LogP contribution < -0.4 is 5.32 Å². The molecule has 11 nitrogen and oxygen atoms in total. The maximum Gasteiger partial charge on any atom is 0.490 e. The molecule has 0 bridgehead atoms. The monoisotopic (exact) mass is 562 g/mol. The van der Waals surface area contributed by atoms with Crippen molar-refractivity contribution in [2.45, 2.75) is 64.2 Å². The van der Waals surface area contributed by atoms with Gasteiger partial charge in [-0.25, -0.2) is 9.18 Å². The second-order valence-corrected chi connectivity index (χ2v) is 9.34. The number of H-pyrrole nitrogens is 1. The maximum absolute atomic E-state index is 14.6. The number of amides is 1. The SMILES string of the molecule is Cc1ccc(CNC(=O)c2cn(CCCCc3cc4c(F)c(C5CC5)[nH]c4nn3)nn2)cn1.O=C(O)C(F)(F)F. The summed E-state index contributed by atoms with van der Waals surface area (Å²) in [6.45, 7) is 2.93. The van der Waals surface area contributed by atoms with Crippen molar-refractivity contribution in [2.75, 3.05) is 0 Å². The number of carboxylic acids is 1. The number of hydrogen-bond acceptors (Lipinski definition) is 7. The lowest BCUT2D eigenvalue weighted by Gasteiger charge is -2.03. The Balaban J connectivity index is 0.000000470. The number of carbonyl (C=O) groups excluding carboxylic acids is 1. The molecular formula is C25H26F4N8O3. The molecule has 3 N–H and O–H groups in total. The van der Waals surface area contributed by atoms with Crippen LogP contribution in [0.15, 0.2) is 30.6 Å². The number of carboxylic acid groups (broad SMARTS) is 1. The minimum atomic E-state index is -5.08. The highest BCUT2D eigenvalue weighted by atomic mass is 19.4. The molecule has 1 aliphatic rings. The van der Waals surface area contributed by atoms with E-state index in [1.54, 1.807) is 23.1 Å². The van der Waals surface area contributed by atoms with Crippen LogP contribution in [0.5, 0.6) is 0 Å². The summed E-state index contributed by atoms with van der Waals surface area (Å²) in [6, 6.07) is 5.63. The quantitative estimate of drug-likeness (QED) is 0.206. The predicted molar refractivity (Wildman–Crippen MR) is 133 cm³/mol. The third-order valence-electron chi connectivity index (χ3n) is 6.07. The number of carbonyl (C=O) groups is 2. The third kappa shape index (κ3) is 7.57. The summed E-state index contributed by atoms with van der Waals surface area (Å²) in [5.74, 6) is -2.91. The first-order valence-corrected chi connectivity index (χ1v) is 12.4. The van der Waals surface area contributed by atoms with Gasteiger partial charge in [0, 0.05) is 30.9 Å². The molecule has 1 saturated carbocycles. The van der Waals surface area contributed by atoms with Crippen molar-refractivity contribution in [3.05, 3.63) is 64.7 Å². The van der Waals surface area contributed by atoms with E-state index >= 15 is 0 Å². The van der Waals surface area contributed by atoms with Gasteiger partial charge in [0.2, 0.25) is 0 Å². The first-order valence-electron chi connectivity index (χ1n) is 12.4. The van der Waals surface area contributed by atoms with E-state index in [1.807, 2.05) is 19.1 Å². The summed E-state index contributed by atoms with van der Waals surface area (Å²) in [5, 5.41) is 26.9. The number of halogens is 4. The van der Waals surface area contributed by atoms with Crippen LogP contribution in [0.4, 0.5) is 17.6 Å². The first-order chi connectivity index (χ1) is 19.0. The van der Waals surface area contributed by atoms with E-state index in [9.17, 15) is 22.4 Å². The Morgan fingerprint density at radius 2 is 1.93 bits per heavy atom. The minimum absolute atomic E-state index is 0.185. The number of hydrogen-bond donors (Lipinski definition) is 3. The van der Waals surface area contributed by atoms with Crippen molar-refractivity contribution in [1.29, 1.82) is 0 Å². The zero-order valence-corrected chi connectivity index (χ0v) is 21.4. The molecule has 212 valence electrons. The predicted octanol–water partition coefficient (Wildman–Crippen LogP) is 3.86. The summed E-state index contributed by atoms with van der Waals surface area (Å²) in [6.07, 6.45) is 2.71. The van der Waals surface area contributed by atoms with Gasteiger partial charge in [0.05, 0.1) is 23.0 Å². The van der Waals surface area contributed by atoms with Gasteiger partial charge in [-0.1, -0.05) is 11.3 Å². The minimum Gasteiger partial charge on any atom is -0.475 e. The van der Waals surface area contributed by atoms with E-state index in [0.717, 1.165) is 42.6 Å². The number of unbranched alkanes of at least 4 members (excludes halogenated alkanes) is 1. The summed E-state index contributed by atoms with van der Waals surface area (Å²) in [4.78, 5) is 28.5. The molecule has 0 atom stereocenters. The van der Waals surface area contributed by atoms with E-state index < -0.39 is 12.1 Å². The van der Waals surface area contributed by atoms with Crippen LogP contribution in [0, 0.1) is 12.7 Å². The molecule has 4 aromatic heterocycles. The zero-order valence-electron chi connectivity index (χ0n) is 21.4. The van der Waals surface area contributed by atoms with Gasteiger partial charge in [-0.15, -0.1) is 10.2 Å². The largest absolute Gasteiger partial charge is 0.490 e. The van der Waals surface area contributed by atoms with Crippen LogP contribution in [0.2, 0.25) is 0 Å². The molecule has 0 aromatic carbocycles. The van der Waals surface area contributed by atoms with Crippen molar-refractivity contribution in [3.63, 3.8) is 0 Å². The van der Waals surface area contributed by atoms with E-state index in [4.69, 9.17) is 9.90 Å².